The number of ether oxygens (including phenoxy) is 1. The van der Waals surface area contributed by atoms with Crippen LogP contribution in [0.25, 0.3) is 0 Å². The minimum Gasteiger partial charge on any atom is -0.382 e. The number of pyridine rings is 1. The number of rotatable bonds is 5. The van der Waals surface area contributed by atoms with Gasteiger partial charge in [-0.1, -0.05) is 30.4 Å². The summed E-state index contributed by atoms with van der Waals surface area (Å²) in [6, 6.07) is 13.4. The highest BCUT2D eigenvalue weighted by Crippen LogP contribution is 2.16. The number of para-hydroxylation sites is 1. The van der Waals surface area contributed by atoms with Crippen molar-refractivity contribution >= 4 is 28.7 Å². The van der Waals surface area contributed by atoms with Gasteiger partial charge in [0.1, 0.15) is 11.6 Å². The van der Waals surface area contributed by atoms with Gasteiger partial charge in [-0.2, -0.15) is 0 Å². The van der Waals surface area contributed by atoms with Crippen LogP contribution in [0, 0.1) is 0 Å². The fourth-order valence-electron chi connectivity index (χ4n) is 2.39. The number of hydrogen-bond donors (Lipinski definition) is 2. The first kappa shape index (κ1) is 16.3. The monoisotopic (exact) mass is 339 g/mol. The Balaban J connectivity index is 1.78. The number of ketones is 1. The van der Waals surface area contributed by atoms with E-state index in [1.807, 2.05) is 42.5 Å². The van der Waals surface area contributed by atoms with Crippen LogP contribution in [0.1, 0.15) is 5.56 Å². The highest BCUT2D eigenvalue weighted by molar-refractivity contribution is 7.81. The molecule has 0 radical (unpaired) electrons. The Morgan fingerprint density at radius 3 is 2.62 bits per heavy atom. The average Bonchev–Trinajstić information content (AvgIpc) is 2.61. The van der Waals surface area contributed by atoms with Crippen LogP contribution >= 0.6 is 12.2 Å². The van der Waals surface area contributed by atoms with E-state index in [2.05, 4.69) is 15.6 Å². The van der Waals surface area contributed by atoms with Crippen LogP contribution in [0.15, 0.2) is 66.1 Å². The van der Waals surface area contributed by atoms with Crippen molar-refractivity contribution in [2.75, 3.05) is 18.5 Å². The predicted molar refractivity (Wildman–Crippen MR) is 96.6 cm³/mol. The van der Waals surface area contributed by atoms with Crippen molar-refractivity contribution in [3.8, 4) is 0 Å². The molecule has 0 amide bonds. The first-order valence-corrected chi connectivity index (χ1v) is 7.98. The van der Waals surface area contributed by atoms with E-state index in [0.29, 0.717) is 29.4 Å². The zero-order valence-corrected chi connectivity index (χ0v) is 13.8. The fourth-order valence-corrected chi connectivity index (χ4v) is 2.74. The predicted octanol–water partition coefficient (Wildman–Crippen LogP) is 2.46. The van der Waals surface area contributed by atoms with Gasteiger partial charge in [-0.15, -0.1) is 0 Å². The second kappa shape index (κ2) is 7.81. The lowest BCUT2D eigenvalue weighted by Crippen LogP contribution is -2.34. The summed E-state index contributed by atoms with van der Waals surface area (Å²) in [6.07, 6.45) is 3.47. The van der Waals surface area contributed by atoms with Gasteiger partial charge in [0.2, 0.25) is 0 Å². The summed E-state index contributed by atoms with van der Waals surface area (Å²) < 4.78 is 5.34. The van der Waals surface area contributed by atoms with Gasteiger partial charge in [-0.25, -0.2) is 0 Å². The van der Waals surface area contributed by atoms with Gasteiger partial charge in [-0.05, 0) is 29.8 Å². The van der Waals surface area contributed by atoms with Gasteiger partial charge in [0.25, 0.3) is 0 Å². The molecule has 0 saturated heterocycles. The summed E-state index contributed by atoms with van der Waals surface area (Å²) in [5.74, 6) is -0.119. The molecule has 5 nitrogen and oxygen atoms in total. The van der Waals surface area contributed by atoms with Gasteiger partial charge >= 0.3 is 0 Å². The van der Waals surface area contributed by atoms with Gasteiger partial charge in [-0.3, -0.25) is 9.78 Å². The molecule has 0 aliphatic carbocycles. The molecule has 24 heavy (non-hydrogen) atoms. The first-order valence-electron chi connectivity index (χ1n) is 7.57. The molecule has 0 spiro atoms. The maximum atomic E-state index is 12.3. The Labute approximate surface area is 145 Å². The van der Waals surface area contributed by atoms with E-state index in [1.165, 1.54) is 0 Å². The van der Waals surface area contributed by atoms with E-state index in [0.717, 1.165) is 11.3 Å². The summed E-state index contributed by atoms with van der Waals surface area (Å²) >= 11 is 5.45. The van der Waals surface area contributed by atoms with E-state index in [9.17, 15) is 4.79 Å². The molecule has 1 aliphatic rings. The summed E-state index contributed by atoms with van der Waals surface area (Å²) in [5.41, 5.74) is 3.12. The minimum absolute atomic E-state index is 0.0480. The molecular formula is C18H17N3O2S. The van der Waals surface area contributed by atoms with E-state index in [1.54, 1.807) is 12.4 Å². The van der Waals surface area contributed by atoms with Crippen LogP contribution in [0.4, 0.5) is 5.69 Å². The molecule has 0 bridgehead atoms. The lowest BCUT2D eigenvalue weighted by molar-refractivity contribution is -0.120. The summed E-state index contributed by atoms with van der Waals surface area (Å²) in [6.45, 7) is 0.959. The molecule has 1 aromatic carbocycles. The fraction of sp³-hybridized carbons (Fsp3) is 0.167. The molecule has 0 fully saturated rings. The Morgan fingerprint density at radius 1 is 1.12 bits per heavy atom. The number of Topliss-reactive ketones (excluding diaryl/α,β-unsaturated/α-hetero) is 1. The molecule has 2 N–H and O–H groups in total. The number of carbonyl (C=O) groups is 1. The summed E-state index contributed by atoms with van der Waals surface area (Å²) in [5, 5.41) is 6.38. The topological polar surface area (TPSA) is 63.2 Å². The molecule has 3 rings (SSSR count). The Hall–Kier alpha value is -2.57. The van der Waals surface area contributed by atoms with Crippen molar-refractivity contribution in [2.45, 2.75) is 6.54 Å². The van der Waals surface area contributed by atoms with Crippen molar-refractivity contribution in [1.82, 2.24) is 10.3 Å². The highest BCUT2D eigenvalue weighted by atomic mass is 32.1. The van der Waals surface area contributed by atoms with Crippen LogP contribution < -0.4 is 10.6 Å². The molecule has 1 aliphatic heterocycles. The molecule has 2 aromatic rings. The van der Waals surface area contributed by atoms with Gasteiger partial charge in [0, 0.05) is 24.6 Å². The smallest absolute Gasteiger partial charge is 0.193 e. The maximum Gasteiger partial charge on any atom is 0.193 e. The van der Waals surface area contributed by atoms with Crippen LogP contribution in [-0.2, 0) is 16.1 Å². The zero-order valence-electron chi connectivity index (χ0n) is 13.0. The number of carbonyl (C=O) groups excluding carboxylic acids is 1. The molecule has 2 heterocycles. The standard InChI is InChI=1S/C18H17N3O2S/c22-16-12-23-11-15(20-10-13-6-8-19-9-7-13)17(16)18(24)21-14-4-2-1-3-5-14/h1-9,20H,10-12H2,(H,21,24). The molecule has 1 aromatic heterocycles. The Bertz CT molecular complexity index is 760. The second-order valence-corrected chi connectivity index (χ2v) is 5.71. The third-order valence-electron chi connectivity index (χ3n) is 3.57. The number of hydrogen-bond acceptors (Lipinski definition) is 5. The molecule has 122 valence electrons. The number of nitrogens with one attached hydrogen (secondary N) is 2. The van der Waals surface area contributed by atoms with Crippen molar-refractivity contribution in [3.63, 3.8) is 0 Å². The summed E-state index contributed by atoms with van der Waals surface area (Å²) in [4.78, 5) is 16.7. The third kappa shape index (κ3) is 4.04. The SMILES string of the molecule is O=C1COCC(NCc2ccncc2)=C1C(=S)Nc1ccccc1. The van der Waals surface area contributed by atoms with E-state index >= 15 is 0 Å². The number of thiocarbonyl (C=S) groups is 1. The van der Waals surface area contributed by atoms with Gasteiger partial charge in [0.05, 0.1) is 17.9 Å². The molecule has 0 atom stereocenters. The molecule has 6 heteroatoms. The number of nitrogens with zero attached hydrogens (tertiary/aromatic N) is 1. The van der Waals surface area contributed by atoms with Gasteiger partial charge < -0.3 is 15.4 Å². The van der Waals surface area contributed by atoms with Crippen molar-refractivity contribution in [2.24, 2.45) is 0 Å². The van der Waals surface area contributed by atoms with Crippen LogP contribution in [0.3, 0.4) is 0 Å². The third-order valence-corrected chi connectivity index (χ3v) is 3.88. The van der Waals surface area contributed by atoms with Crippen LogP contribution in [0.5, 0.6) is 0 Å². The lowest BCUT2D eigenvalue weighted by atomic mass is 10.1. The van der Waals surface area contributed by atoms with Gasteiger partial charge in [0.15, 0.2) is 5.78 Å². The normalized spacial score (nSPS) is 14.4. The number of benzene rings is 1. The van der Waals surface area contributed by atoms with Crippen molar-refractivity contribution < 1.29 is 9.53 Å². The molecule has 0 saturated carbocycles. The highest BCUT2D eigenvalue weighted by Gasteiger charge is 2.24. The Morgan fingerprint density at radius 2 is 1.88 bits per heavy atom. The largest absolute Gasteiger partial charge is 0.382 e. The molecule has 0 unspecified atom stereocenters. The number of aromatic nitrogens is 1. The average molecular weight is 339 g/mol. The van der Waals surface area contributed by atoms with Crippen LogP contribution in [-0.4, -0.2) is 29.0 Å². The lowest BCUT2D eigenvalue weighted by Gasteiger charge is -2.22. The van der Waals surface area contributed by atoms with Crippen molar-refractivity contribution in [3.05, 3.63) is 71.7 Å². The van der Waals surface area contributed by atoms with E-state index in [4.69, 9.17) is 17.0 Å². The van der Waals surface area contributed by atoms with E-state index < -0.39 is 0 Å². The molecular weight excluding hydrogens is 322 g/mol. The zero-order chi connectivity index (χ0) is 16.8. The quantitative estimate of drug-likeness (QED) is 0.816. The maximum absolute atomic E-state index is 12.3. The van der Waals surface area contributed by atoms with E-state index in [-0.39, 0.29) is 12.4 Å². The van der Waals surface area contributed by atoms with Crippen LogP contribution in [0.2, 0.25) is 0 Å². The number of anilines is 1. The minimum atomic E-state index is -0.119. The summed E-state index contributed by atoms with van der Waals surface area (Å²) in [7, 11) is 0. The Kier molecular flexibility index (Phi) is 5.30. The second-order valence-electron chi connectivity index (χ2n) is 5.30. The first-order chi connectivity index (χ1) is 11.7. The van der Waals surface area contributed by atoms with Crippen molar-refractivity contribution in [1.29, 1.82) is 0 Å².